The van der Waals surface area contributed by atoms with Gasteiger partial charge in [-0.25, -0.2) is 0 Å². The molecule has 0 aliphatic carbocycles. The van der Waals surface area contributed by atoms with Crippen LogP contribution in [0, 0.1) is 6.08 Å². The minimum Gasteiger partial charge on any atom is -0.485 e. The summed E-state index contributed by atoms with van der Waals surface area (Å²) in [6.45, 7) is 3.49. The summed E-state index contributed by atoms with van der Waals surface area (Å²) in [6, 6.07) is 18.2. The van der Waals surface area contributed by atoms with Crippen LogP contribution in [-0.2, 0) is 47.4 Å². The molecule has 0 amide bonds. The van der Waals surface area contributed by atoms with Crippen LogP contribution in [0.2, 0.25) is 0 Å². The van der Waals surface area contributed by atoms with Crippen molar-refractivity contribution in [3.8, 4) is 0 Å². The number of rotatable bonds is 5. The van der Waals surface area contributed by atoms with Gasteiger partial charge in [-0.05, 0) is 29.8 Å². The van der Waals surface area contributed by atoms with E-state index in [-0.39, 0.29) is 26.1 Å². The summed E-state index contributed by atoms with van der Waals surface area (Å²) in [5.74, 6) is -0.522. The van der Waals surface area contributed by atoms with E-state index < -0.39 is 5.97 Å². The third-order valence-corrected chi connectivity index (χ3v) is 3.58. The van der Waals surface area contributed by atoms with Gasteiger partial charge in [0.2, 0.25) is 0 Å². The van der Waals surface area contributed by atoms with Gasteiger partial charge in [-0.3, -0.25) is 11.4 Å². The van der Waals surface area contributed by atoms with E-state index in [1.54, 1.807) is 0 Å². The fourth-order valence-corrected chi connectivity index (χ4v) is 2.44. The second-order valence-electron chi connectivity index (χ2n) is 3.87. The van der Waals surface area contributed by atoms with Crippen molar-refractivity contribution in [1.29, 1.82) is 0 Å². The average molecular weight is 373 g/mol. The van der Waals surface area contributed by atoms with Crippen molar-refractivity contribution in [3.05, 3.63) is 72.8 Å². The van der Waals surface area contributed by atoms with Gasteiger partial charge in [0.15, 0.2) is 9.79 Å². The van der Waals surface area contributed by atoms with Gasteiger partial charge >= 0.3 is 0 Å². The molecule has 105 valence electrons. The Morgan fingerprint density at radius 2 is 1.65 bits per heavy atom. The first-order valence-corrected chi connectivity index (χ1v) is 6.73. The van der Waals surface area contributed by atoms with E-state index in [1.807, 2.05) is 42.5 Å². The van der Waals surface area contributed by atoms with Gasteiger partial charge in [-0.2, -0.15) is 0 Å². The predicted molar refractivity (Wildman–Crippen MR) is 76.8 cm³/mol. The summed E-state index contributed by atoms with van der Waals surface area (Å²) >= 11 is 1.17. The largest absolute Gasteiger partial charge is 0.485 e. The fourth-order valence-electron chi connectivity index (χ4n) is 1.52. The first-order valence-electron chi connectivity index (χ1n) is 5.83. The minimum atomic E-state index is -0.522. The molecule has 0 saturated heterocycles. The Kier molecular flexibility index (Phi) is 7.28. The maximum atomic E-state index is 10.9. The van der Waals surface area contributed by atoms with Gasteiger partial charge in [0.1, 0.15) is 12.6 Å². The molecule has 0 spiro atoms. The Morgan fingerprint density at radius 3 is 2.25 bits per heavy atom. The van der Waals surface area contributed by atoms with Gasteiger partial charge in [0.25, 0.3) is 0 Å². The molecule has 20 heavy (non-hydrogen) atoms. The molecule has 2 aromatic rings. The van der Waals surface area contributed by atoms with Crippen LogP contribution >= 0.6 is 0 Å². The van der Waals surface area contributed by atoms with Crippen molar-refractivity contribution >= 4 is 17.7 Å². The van der Waals surface area contributed by atoms with Crippen molar-refractivity contribution in [2.75, 3.05) is 0 Å². The molecule has 0 unspecified atom stereocenters. The number of benzene rings is 2. The predicted octanol–water partition coefficient (Wildman–Crippen LogP) is 2.95. The Bertz CT molecular complexity index is 552. The molecule has 0 N–H and O–H groups in total. The molecule has 0 aromatic heterocycles. The smallest absolute Gasteiger partial charge is 0.158 e. The number of esters is 1. The van der Waals surface area contributed by atoms with Crippen LogP contribution in [0.4, 0.5) is 0 Å². The normalized spacial score (nSPS) is 9.40. The summed E-state index contributed by atoms with van der Waals surface area (Å²) in [5.41, 5.74) is 0.954. The van der Waals surface area contributed by atoms with Crippen LogP contribution in [0.1, 0.15) is 5.56 Å². The second-order valence-corrected chi connectivity index (χ2v) is 5.12. The Labute approximate surface area is 136 Å². The first kappa shape index (κ1) is 16.7. The number of thiol groups is 1. The molecule has 4 heteroatoms. The molecule has 0 fully saturated rings. The van der Waals surface area contributed by atoms with Gasteiger partial charge < -0.3 is 10.8 Å². The maximum absolute atomic E-state index is 10.9. The Morgan fingerprint density at radius 1 is 1.05 bits per heavy atom. The van der Waals surface area contributed by atoms with Crippen molar-refractivity contribution in [2.45, 2.75) is 16.4 Å². The van der Waals surface area contributed by atoms with Crippen molar-refractivity contribution in [3.63, 3.8) is 0 Å². The zero-order valence-electron chi connectivity index (χ0n) is 10.7. The molecule has 0 atom stereocenters. The number of hydrogen-bond donors (Lipinski definition) is 0. The van der Waals surface area contributed by atoms with Gasteiger partial charge in [-0.15, -0.1) is 0 Å². The zero-order valence-corrected chi connectivity index (χ0v) is 13.2. The molecule has 2 nitrogen and oxygen atoms in total. The zero-order chi connectivity index (χ0) is 13.5. The third kappa shape index (κ3) is 5.32. The van der Waals surface area contributed by atoms with Crippen molar-refractivity contribution in [2.24, 2.45) is 0 Å². The van der Waals surface area contributed by atoms with E-state index in [0.717, 1.165) is 5.56 Å². The van der Waals surface area contributed by atoms with Gasteiger partial charge in [0, 0.05) is 31.2 Å². The summed E-state index contributed by atoms with van der Waals surface area (Å²) < 4.78 is 4.92. The van der Waals surface area contributed by atoms with Gasteiger partial charge in [-0.1, -0.05) is 30.3 Å². The van der Waals surface area contributed by atoms with Crippen LogP contribution in [-0.4, -0.2) is 5.97 Å². The van der Waals surface area contributed by atoms with E-state index in [0.29, 0.717) is 0 Å². The molecule has 1 radical (unpaired) electrons. The Hall–Kier alpha value is -1.38. The first-order chi connectivity index (χ1) is 9.28. The quantitative estimate of drug-likeness (QED) is 0.201. The van der Waals surface area contributed by atoms with E-state index in [9.17, 15) is 4.79 Å². The number of hydrogen-bond acceptors (Lipinski definition) is 2. The number of carbonyl (C=O) groups excluding carboxylic acids is 1. The topological polar surface area (TPSA) is 26.3 Å². The van der Waals surface area contributed by atoms with Crippen LogP contribution in [0.25, 0.3) is 0 Å². The van der Waals surface area contributed by atoms with Crippen LogP contribution in [0.3, 0.4) is 0 Å². The fraction of sp³-hybridized carbons (Fsp3) is 0.0625. The molecule has 2 aromatic carbocycles. The van der Waals surface area contributed by atoms with Crippen LogP contribution in [0.15, 0.2) is 71.0 Å². The van der Waals surface area contributed by atoms with Crippen molar-refractivity contribution in [1.82, 2.24) is 0 Å². The molecule has 0 aliphatic rings. The van der Waals surface area contributed by atoms with E-state index >= 15 is 0 Å². The minimum absolute atomic E-state index is 0. The average Bonchev–Trinajstić information content (AvgIpc) is 2.47. The molecule has 0 bridgehead atoms. The van der Waals surface area contributed by atoms with Crippen LogP contribution < -0.4 is 0 Å². The molecule has 0 heterocycles. The summed E-state index contributed by atoms with van der Waals surface area (Å²) in [4.78, 5) is 13.4. The SMILES string of the molecule is C=[C-]C(=O)OCc1ccc([SH+]c2ccccc2)cc1.[Rh]. The summed E-state index contributed by atoms with van der Waals surface area (Å²) in [6.07, 6.45) is 2.17. The van der Waals surface area contributed by atoms with E-state index in [1.165, 1.54) is 21.6 Å². The maximum Gasteiger partial charge on any atom is 0.158 e. The number of carbonyl (C=O) groups is 1. The van der Waals surface area contributed by atoms with Crippen molar-refractivity contribution < 1.29 is 29.0 Å². The summed E-state index contributed by atoms with van der Waals surface area (Å²) in [7, 11) is 0. The molecular formula is C16H14O2RhS. The van der Waals surface area contributed by atoms with E-state index in [2.05, 4.69) is 24.8 Å². The molecule has 2 rings (SSSR count). The molecule has 0 aliphatic heterocycles. The Balaban J connectivity index is 0.00000200. The van der Waals surface area contributed by atoms with E-state index in [4.69, 9.17) is 4.74 Å². The third-order valence-electron chi connectivity index (χ3n) is 2.47. The second kappa shape index (κ2) is 8.73. The molecular weight excluding hydrogens is 359 g/mol. The monoisotopic (exact) mass is 373 g/mol. The standard InChI is InChI=1S/C16H13O2S.Rh/c1-2-16(17)18-12-13-8-10-15(11-9-13)19-14-6-4-3-5-7-14;/h3-11H,1,12H2;/q-1;/p+1. The van der Waals surface area contributed by atoms with Gasteiger partial charge in [0.05, 0.1) is 0 Å². The summed E-state index contributed by atoms with van der Waals surface area (Å²) in [5, 5.41) is 0. The molecule has 0 saturated carbocycles. The number of ether oxygens (including phenoxy) is 1. The van der Waals surface area contributed by atoms with Crippen LogP contribution in [0.5, 0.6) is 0 Å².